The number of fused-ring (bicyclic) bond motifs is 2. The summed E-state index contributed by atoms with van der Waals surface area (Å²) in [5.41, 5.74) is 3.11. The second-order valence-electron chi connectivity index (χ2n) is 6.07. The Morgan fingerprint density at radius 1 is 1.08 bits per heavy atom. The predicted molar refractivity (Wildman–Crippen MR) is 101 cm³/mol. The maximum Gasteiger partial charge on any atom is 0.0992 e. The zero-order valence-corrected chi connectivity index (χ0v) is 15.3. The molecule has 2 aromatic carbocycles. The normalized spacial score (nSPS) is 14.0. The Kier molecular flexibility index (Phi) is 5.13. The first-order valence-electron chi connectivity index (χ1n) is 8.50. The third kappa shape index (κ3) is 3.15. The quantitative estimate of drug-likeness (QED) is 0.777. The van der Waals surface area contributed by atoms with Crippen LogP contribution >= 0.6 is 11.8 Å². The molecular formula is C20H23N3S. The van der Waals surface area contributed by atoms with Crippen molar-refractivity contribution in [1.82, 2.24) is 4.90 Å². The van der Waals surface area contributed by atoms with Gasteiger partial charge in [0.15, 0.2) is 0 Å². The molecule has 0 saturated carbocycles. The fraction of sp³-hybridized carbons (Fsp3) is 0.350. The van der Waals surface area contributed by atoms with Gasteiger partial charge < -0.3 is 9.80 Å². The van der Waals surface area contributed by atoms with Crippen LogP contribution in [0, 0.1) is 11.3 Å². The van der Waals surface area contributed by atoms with Gasteiger partial charge in [-0.2, -0.15) is 5.26 Å². The molecule has 0 unspecified atom stereocenters. The Hall–Kier alpha value is -1.96. The number of hydrogen-bond acceptors (Lipinski definition) is 4. The van der Waals surface area contributed by atoms with Crippen molar-refractivity contribution in [2.24, 2.45) is 0 Å². The van der Waals surface area contributed by atoms with E-state index in [-0.39, 0.29) is 0 Å². The van der Waals surface area contributed by atoms with Crippen LogP contribution in [0.1, 0.15) is 26.3 Å². The molecule has 0 spiro atoms. The zero-order valence-electron chi connectivity index (χ0n) is 14.5. The number of benzene rings is 2. The van der Waals surface area contributed by atoms with Crippen LogP contribution in [0.5, 0.6) is 0 Å². The summed E-state index contributed by atoms with van der Waals surface area (Å²) in [6.07, 6.45) is 0. The van der Waals surface area contributed by atoms with E-state index in [2.05, 4.69) is 67.0 Å². The first-order valence-corrected chi connectivity index (χ1v) is 9.32. The molecular weight excluding hydrogens is 314 g/mol. The molecule has 124 valence electrons. The summed E-state index contributed by atoms with van der Waals surface area (Å²) in [6, 6.07) is 17.2. The van der Waals surface area contributed by atoms with Crippen molar-refractivity contribution in [3.8, 4) is 6.07 Å². The number of anilines is 2. The van der Waals surface area contributed by atoms with E-state index in [0.717, 1.165) is 25.3 Å². The summed E-state index contributed by atoms with van der Waals surface area (Å²) < 4.78 is 0. The Bertz CT molecular complexity index is 762. The summed E-state index contributed by atoms with van der Waals surface area (Å²) in [7, 11) is 0. The minimum atomic E-state index is 0.333. The molecule has 1 aliphatic rings. The SMILES string of the molecule is CCN(CC)C[C@@H](C)N1c2ccccc2Sc2ccc(C#N)cc21. The van der Waals surface area contributed by atoms with Crippen molar-refractivity contribution in [3.05, 3.63) is 48.0 Å². The van der Waals surface area contributed by atoms with Gasteiger partial charge >= 0.3 is 0 Å². The first-order chi connectivity index (χ1) is 11.7. The summed E-state index contributed by atoms with van der Waals surface area (Å²) >= 11 is 1.79. The van der Waals surface area contributed by atoms with E-state index in [1.807, 2.05) is 12.1 Å². The Morgan fingerprint density at radius 2 is 1.79 bits per heavy atom. The molecule has 0 amide bonds. The van der Waals surface area contributed by atoms with Crippen LogP contribution in [-0.2, 0) is 0 Å². The van der Waals surface area contributed by atoms with Crippen LogP contribution in [0.2, 0.25) is 0 Å². The van der Waals surface area contributed by atoms with Crippen molar-refractivity contribution < 1.29 is 0 Å². The fourth-order valence-corrected chi connectivity index (χ4v) is 4.32. The van der Waals surface area contributed by atoms with Gasteiger partial charge in [-0.1, -0.05) is 37.7 Å². The van der Waals surface area contributed by atoms with Gasteiger partial charge in [0, 0.05) is 22.4 Å². The van der Waals surface area contributed by atoms with Crippen molar-refractivity contribution >= 4 is 23.1 Å². The third-order valence-corrected chi connectivity index (χ3v) is 5.68. The average molecular weight is 337 g/mol. The Balaban J connectivity index is 2.05. The van der Waals surface area contributed by atoms with Gasteiger partial charge in [0.1, 0.15) is 0 Å². The van der Waals surface area contributed by atoms with E-state index in [1.54, 1.807) is 11.8 Å². The number of para-hydroxylation sites is 1. The minimum Gasteiger partial charge on any atom is -0.335 e. The van der Waals surface area contributed by atoms with Gasteiger partial charge in [-0.05, 0) is 50.3 Å². The number of hydrogen-bond donors (Lipinski definition) is 0. The molecule has 1 heterocycles. The lowest BCUT2D eigenvalue weighted by atomic mass is 10.1. The van der Waals surface area contributed by atoms with Crippen LogP contribution < -0.4 is 4.90 Å². The second-order valence-corrected chi connectivity index (χ2v) is 7.15. The lowest BCUT2D eigenvalue weighted by Gasteiger charge is -2.39. The van der Waals surface area contributed by atoms with Crippen molar-refractivity contribution in [2.75, 3.05) is 24.5 Å². The monoisotopic (exact) mass is 337 g/mol. The molecule has 0 aromatic heterocycles. The molecule has 0 fully saturated rings. The van der Waals surface area contributed by atoms with Gasteiger partial charge in [-0.15, -0.1) is 0 Å². The van der Waals surface area contributed by atoms with E-state index in [1.165, 1.54) is 15.5 Å². The number of rotatable bonds is 5. The fourth-order valence-electron chi connectivity index (χ4n) is 3.26. The summed E-state index contributed by atoms with van der Waals surface area (Å²) in [5.74, 6) is 0. The largest absolute Gasteiger partial charge is 0.335 e. The standard InChI is InChI=1S/C20H23N3S/c1-4-22(5-2)14-15(3)23-17-8-6-7-9-19(17)24-20-11-10-16(13-21)12-18(20)23/h6-12,15H,4-5,14H2,1-3H3/t15-/m1/s1. The highest BCUT2D eigenvalue weighted by Gasteiger charge is 2.27. The molecule has 1 atom stereocenters. The van der Waals surface area contributed by atoms with E-state index in [9.17, 15) is 5.26 Å². The minimum absolute atomic E-state index is 0.333. The van der Waals surface area contributed by atoms with Crippen LogP contribution in [0.3, 0.4) is 0 Å². The van der Waals surface area contributed by atoms with E-state index in [4.69, 9.17) is 0 Å². The van der Waals surface area contributed by atoms with Gasteiger partial charge in [0.05, 0.1) is 23.0 Å². The molecule has 0 saturated heterocycles. The highest BCUT2D eigenvalue weighted by molar-refractivity contribution is 7.99. The predicted octanol–water partition coefficient (Wildman–Crippen LogP) is 4.89. The van der Waals surface area contributed by atoms with Crippen molar-refractivity contribution in [1.29, 1.82) is 5.26 Å². The van der Waals surface area contributed by atoms with Gasteiger partial charge in [0.2, 0.25) is 0 Å². The summed E-state index contributed by atoms with van der Waals surface area (Å²) in [4.78, 5) is 7.35. The number of likely N-dealkylation sites (N-methyl/N-ethyl adjacent to an activating group) is 1. The molecule has 0 radical (unpaired) electrons. The van der Waals surface area contributed by atoms with Crippen LogP contribution in [0.25, 0.3) is 0 Å². The zero-order chi connectivity index (χ0) is 17.1. The lowest BCUT2D eigenvalue weighted by Crippen LogP contribution is -2.41. The van der Waals surface area contributed by atoms with Crippen molar-refractivity contribution in [2.45, 2.75) is 36.6 Å². The first kappa shape index (κ1) is 16.9. The number of nitriles is 1. The highest BCUT2D eigenvalue weighted by atomic mass is 32.2. The topological polar surface area (TPSA) is 30.3 Å². The molecule has 0 N–H and O–H groups in total. The molecule has 24 heavy (non-hydrogen) atoms. The third-order valence-electron chi connectivity index (χ3n) is 4.55. The molecule has 1 aliphatic heterocycles. The molecule has 4 heteroatoms. The lowest BCUT2D eigenvalue weighted by molar-refractivity contribution is 0.288. The van der Waals surface area contributed by atoms with Crippen molar-refractivity contribution in [3.63, 3.8) is 0 Å². The van der Waals surface area contributed by atoms with E-state index >= 15 is 0 Å². The van der Waals surface area contributed by atoms with E-state index < -0.39 is 0 Å². The van der Waals surface area contributed by atoms with Crippen LogP contribution in [0.4, 0.5) is 11.4 Å². The molecule has 0 bridgehead atoms. The second kappa shape index (κ2) is 7.29. The summed E-state index contributed by atoms with van der Waals surface area (Å²) in [6.45, 7) is 9.79. The maximum atomic E-state index is 9.30. The Labute approximate surface area is 148 Å². The maximum absolute atomic E-state index is 9.30. The van der Waals surface area contributed by atoms with Crippen LogP contribution in [-0.4, -0.2) is 30.6 Å². The van der Waals surface area contributed by atoms with E-state index in [0.29, 0.717) is 11.6 Å². The van der Waals surface area contributed by atoms with Gasteiger partial charge in [-0.25, -0.2) is 0 Å². The molecule has 3 rings (SSSR count). The molecule has 2 aromatic rings. The average Bonchev–Trinajstić information content (AvgIpc) is 2.63. The highest BCUT2D eigenvalue weighted by Crippen LogP contribution is 2.49. The van der Waals surface area contributed by atoms with Gasteiger partial charge in [0.25, 0.3) is 0 Å². The number of nitrogens with zero attached hydrogens (tertiary/aromatic N) is 3. The smallest absolute Gasteiger partial charge is 0.0992 e. The molecule has 3 nitrogen and oxygen atoms in total. The van der Waals surface area contributed by atoms with Crippen LogP contribution in [0.15, 0.2) is 52.3 Å². The molecule has 0 aliphatic carbocycles. The Morgan fingerprint density at radius 3 is 2.50 bits per heavy atom. The summed E-state index contributed by atoms with van der Waals surface area (Å²) in [5, 5.41) is 9.30. The van der Waals surface area contributed by atoms with Gasteiger partial charge in [-0.3, -0.25) is 0 Å².